The van der Waals surface area contributed by atoms with Crippen molar-refractivity contribution in [3.63, 3.8) is 0 Å². The maximum Gasteiger partial charge on any atom is 0.622 e. The molecule has 1 aromatic carbocycles. The molecular weight excluding hydrogens is 529 g/mol. The van der Waals surface area contributed by atoms with E-state index in [2.05, 4.69) is 20.9 Å². The van der Waals surface area contributed by atoms with E-state index >= 15 is 0 Å². The first-order valence-corrected chi connectivity index (χ1v) is 13.7. The molecule has 1 aromatic heterocycles. The lowest BCUT2D eigenvalue weighted by Crippen LogP contribution is -2.66. The summed E-state index contributed by atoms with van der Waals surface area (Å²) in [5.41, 5.74) is 1.46. The number of nitrogens with one attached hydrogen (secondary N) is 3. The Balaban J connectivity index is 1.51. The summed E-state index contributed by atoms with van der Waals surface area (Å²) < 4.78 is 11.2. The molecule has 12 nitrogen and oxygen atoms in total. The number of carbonyl (C=O) groups is 4. The van der Waals surface area contributed by atoms with Gasteiger partial charge in [0.05, 0.1) is 17.7 Å². The lowest BCUT2D eigenvalue weighted by molar-refractivity contribution is -0.156. The largest absolute Gasteiger partial charge is 0.622 e. The number of amides is 2. The summed E-state index contributed by atoms with van der Waals surface area (Å²) in [6.45, 7) is 5.79. The van der Waals surface area contributed by atoms with Gasteiger partial charge in [-0.3, -0.25) is 24.1 Å². The van der Waals surface area contributed by atoms with Gasteiger partial charge in [0.1, 0.15) is 23.8 Å². The van der Waals surface area contributed by atoms with Crippen molar-refractivity contribution < 1.29 is 33.6 Å². The minimum absolute atomic E-state index is 0.0107. The van der Waals surface area contributed by atoms with E-state index in [0.717, 1.165) is 5.56 Å². The van der Waals surface area contributed by atoms with E-state index in [9.17, 15) is 24.3 Å². The smallest absolute Gasteiger partial charge is 0.497 e. The van der Waals surface area contributed by atoms with Gasteiger partial charge < -0.3 is 30.4 Å². The molecular formula is C28H36BN5O7. The second-order valence-electron chi connectivity index (χ2n) is 10.8. The molecule has 0 saturated carbocycles. The predicted molar refractivity (Wildman–Crippen MR) is 150 cm³/mol. The van der Waals surface area contributed by atoms with Gasteiger partial charge in [-0.1, -0.05) is 50.2 Å². The summed E-state index contributed by atoms with van der Waals surface area (Å²) >= 11 is 0. The molecule has 2 saturated heterocycles. The van der Waals surface area contributed by atoms with E-state index in [1.54, 1.807) is 24.1 Å². The number of rotatable bonds is 9. The SMILES string of the molecule is CC(C)C[C@H](NC(=O)[C@@H](NC(=O)c1cccc(-c2ccccc2)n1)[C@@H](C)O)B1OC(=O)[C@H]2CNC[C@H](C(=O)O1)N2C. The summed E-state index contributed by atoms with van der Waals surface area (Å²) in [6.07, 6.45) is -0.987. The molecule has 0 aliphatic carbocycles. The third kappa shape index (κ3) is 7.29. The van der Waals surface area contributed by atoms with Crippen LogP contribution in [-0.2, 0) is 23.7 Å². The van der Waals surface area contributed by atoms with Crippen molar-refractivity contribution in [1.29, 1.82) is 0 Å². The summed E-state index contributed by atoms with van der Waals surface area (Å²) in [5, 5.41) is 18.8. The van der Waals surface area contributed by atoms with Gasteiger partial charge in [-0.05, 0) is 38.4 Å². The van der Waals surface area contributed by atoms with E-state index in [-0.39, 0.29) is 11.6 Å². The number of aliphatic hydroxyl groups is 1. The van der Waals surface area contributed by atoms with Gasteiger partial charge >= 0.3 is 19.1 Å². The summed E-state index contributed by atoms with van der Waals surface area (Å²) in [4.78, 5) is 58.5. The Morgan fingerprint density at radius 2 is 1.66 bits per heavy atom. The average molecular weight is 565 g/mol. The topological polar surface area (TPSA) is 159 Å². The van der Waals surface area contributed by atoms with Crippen molar-refractivity contribution in [2.45, 2.75) is 57.4 Å². The Hall–Kier alpha value is -3.81. The first-order chi connectivity index (χ1) is 19.5. The van der Waals surface area contributed by atoms with Crippen molar-refractivity contribution in [3.8, 4) is 11.3 Å². The Kier molecular flexibility index (Phi) is 9.74. The summed E-state index contributed by atoms with van der Waals surface area (Å²) in [5.74, 6) is -3.48. The first-order valence-electron chi connectivity index (χ1n) is 13.7. The van der Waals surface area contributed by atoms with Crippen molar-refractivity contribution in [2.24, 2.45) is 5.92 Å². The molecule has 41 heavy (non-hydrogen) atoms. The number of nitrogens with zero attached hydrogens (tertiary/aromatic N) is 2. The van der Waals surface area contributed by atoms with Gasteiger partial charge in [-0.2, -0.15) is 0 Å². The van der Waals surface area contributed by atoms with E-state index < -0.39 is 61.0 Å². The molecule has 2 aliphatic heterocycles. The van der Waals surface area contributed by atoms with Crippen LogP contribution in [0.5, 0.6) is 0 Å². The lowest BCUT2D eigenvalue weighted by atomic mass is 9.73. The maximum absolute atomic E-state index is 13.4. The molecule has 218 valence electrons. The van der Waals surface area contributed by atoms with Gasteiger partial charge in [-0.25, -0.2) is 4.98 Å². The van der Waals surface area contributed by atoms with Crippen LogP contribution in [0.4, 0.5) is 0 Å². The lowest BCUT2D eigenvalue weighted by Gasteiger charge is -2.40. The van der Waals surface area contributed by atoms with Crippen LogP contribution in [0.15, 0.2) is 48.5 Å². The quantitative estimate of drug-likeness (QED) is 0.309. The first kappa shape index (κ1) is 30.2. The minimum Gasteiger partial charge on any atom is -0.497 e. The number of hydrogen-bond acceptors (Lipinski definition) is 10. The van der Waals surface area contributed by atoms with Crippen LogP contribution in [-0.4, -0.2) is 96.2 Å². The van der Waals surface area contributed by atoms with Gasteiger partial charge in [0.25, 0.3) is 5.91 Å². The third-order valence-electron chi connectivity index (χ3n) is 7.15. The predicted octanol–water partition coefficient (Wildman–Crippen LogP) is 0.158. The fraction of sp³-hybridized carbons (Fsp3) is 0.464. The van der Waals surface area contributed by atoms with Crippen LogP contribution in [0.25, 0.3) is 11.3 Å². The number of aromatic nitrogens is 1. The summed E-state index contributed by atoms with van der Waals surface area (Å²) in [7, 11) is 0.278. The molecule has 3 heterocycles. The highest BCUT2D eigenvalue weighted by Crippen LogP contribution is 2.20. The van der Waals surface area contributed by atoms with Crippen molar-refractivity contribution in [3.05, 3.63) is 54.2 Å². The van der Waals surface area contributed by atoms with Crippen LogP contribution < -0.4 is 16.0 Å². The molecule has 2 fully saturated rings. The zero-order valence-electron chi connectivity index (χ0n) is 23.6. The molecule has 2 aromatic rings. The van der Waals surface area contributed by atoms with Crippen LogP contribution in [0.1, 0.15) is 37.7 Å². The highest BCUT2D eigenvalue weighted by Gasteiger charge is 2.48. The van der Waals surface area contributed by atoms with Crippen molar-refractivity contribution >= 4 is 30.9 Å². The fourth-order valence-corrected chi connectivity index (χ4v) is 4.91. The second-order valence-corrected chi connectivity index (χ2v) is 10.8. The van der Waals surface area contributed by atoms with Gasteiger partial charge in [0, 0.05) is 18.7 Å². The normalized spacial score (nSPS) is 21.6. The molecule has 4 N–H and O–H groups in total. The Morgan fingerprint density at radius 3 is 2.24 bits per heavy atom. The van der Waals surface area contributed by atoms with E-state index in [1.807, 2.05) is 44.2 Å². The van der Waals surface area contributed by atoms with Crippen LogP contribution in [0.2, 0.25) is 0 Å². The van der Waals surface area contributed by atoms with Crippen LogP contribution in [0.3, 0.4) is 0 Å². The number of likely N-dealkylation sites (N-methyl/N-ethyl adjacent to an activating group) is 1. The van der Waals surface area contributed by atoms with Crippen molar-refractivity contribution in [2.75, 3.05) is 20.1 Å². The molecule has 0 unspecified atom stereocenters. The van der Waals surface area contributed by atoms with Crippen molar-refractivity contribution in [1.82, 2.24) is 25.8 Å². The average Bonchev–Trinajstić information content (AvgIpc) is 2.94. The molecule has 13 heteroatoms. The molecule has 4 rings (SSSR count). The number of benzene rings is 1. The summed E-state index contributed by atoms with van der Waals surface area (Å²) in [6, 6.07) is 11.5. The molecule has 2 aliphatic rings. The van der Waals surface area contributed by atoms with Gasteiger partial charge in [0.2, 0.25) is 5.91 Å². The zero-order chi connectivity index (χ0) is 29.7. The molecule has 2 amide bonds. The number of aliphatic hydroxyl groups excluding tert-OH is 1. The molecule has 0 radical (unpaired) electrons. The third-order valence-corrected chi connectivity index (χ3v) is 7.15. The molecule has 2 bridgehead atoms. The number of pyridine rings is 1. The van der Waals surface area contributed by atoms with Crippen LogP contribution in [0, 0.1) is 5.92 Å². The Labute approximate surface area is 239 Å². The van der Waals surface area contributed by atoms with Gasteiger partial charge in [0.15, 0.2) is 0 Å². The maximum atomic E-state index is 13.4. The number of fused-ring (bicyclic) bond motifs is 2. The Bertz CT molecular complexity index is 1240. The van der Waals surface area contributed by atoms with E-state index in [0.29, 0.717) is 25.2 Å². The number of hydrogen-bond donors (Lipinski definition) is 4. The second kappa shape index (κ2) is 13.2. The van der Waals surface area contributed by atoms with Gasteiger partial charge in [-0.15, -0.1) is 0 Å². The fourth-order valence-electron chi connectivity index (χ4n) is 4.91. The van der Waals surface area contributed by atoms with E-state index in [1.165, 1.54) is 13.0 Å². The molecule has 5 atom stereocenters. The van der Waals surface area contributed by atoms with E-state index in [4.69, 9.17) is 9.31 Å². The molecule has 0 spiro atoms. The monoisotopic (exact) mass is 565 g/mol. The zero-order valence-corrected chi connectivity index (χ0v) is 23.6. The highest BCUT2D eigenvalue weighted by molar-refractivity contribution is 6.51. The number of carbonyl (C=O) groups excluding carboxylic acids is 4. The van der Waals surface area contributed by atoms with Crippen LogP contribution >= 0.6 is 0 Å². The standard InChI is InChI=1S/C28H36BN5O7/c1-16(2)13-23(29-40-27(38)21-14-30-15-22(34(21)4)28(39)41-29)32-26(37)24(17(3)35)33-25(36)20-12-8-11-19(31-20)18-9-6-5-7-10-18/h5-12,16-17,21-24,30,35H,13-15H2,1-4H3,(H,32,37)(H,33,36)/t17-,21-,22-,23+,24+/m1/s1. The minimum atomic E-state index is -1.38. The Morgan fingerprint density at radius 1 is 1.02 bits per heavy atom. The number of piperazine rings is 1. The highest BCUT2D eigenvalue weighted by atomic mass is 16.6.